The minimum Gasteiger partial charge on any atom is -0.309 e. The molecule has 0 spiro atoms. The summed E-state index contributed by atoms with van der Waals surface area (Å²) in [4.78, 5) is 21.1. The molecule has 0 radical (unpaired) electrons. The minimum absolute atomic E-state index is 0.0173. The quantitative estimate of drug-likeness (QED) is 0.822. The van der Waals surface area contributed by atoms with Crippen molar-refractivity contribution in [3.8, 4) is 0 Å². The molecule has 0 N–H and O–H groups in total. The number of carbonyl (C=O) groups is 1. The number of carbonyl (C=O) groups excluding carboxylic acids is 1. The van der Waals surface area contributed by atoms with Crippen molar-refractivity contribution in [2.24, 2.45) is 5.92 Å². The van der Waals surface area contributed by atoms with Crippen LogP contribution in [0, 0.1) is 5.92 Å². The van der Waals surface area contributed by atoms with E-state index < -0.39 is 0 Å². The van der Waals surface area contributed by atoms with Crippen LogP contribution in [0.3, 0.4) is 0 Å². The zero-order chi connectivity index (χ0) is 15.4. The van der Waals surface area contributed by atoms with Gasteiger partial charge in [-0.25, -0.2) is 4.98 Å². The van der Waals surface area contributed by atoms with Crippen molar-refractivity contribution in [1.29, 1.82) is 0 Å². The van der Waals surface area contributed by atoms with Gasteiger partial charge < -0.3 is 4.90 Å². The second-order valence-electron chi connectivity index (χ2n) is 5.77. The largest absolute Gasteiger partial charge is 0.309 e. The van der Waals surface area contributed by atoms with E-state index in [0.717, 1.165) is 34.9 Å². The first kappa shape index (κ1) is 15.9. The minimum atomic E-state index is -0.0173. The maximum absolute atomic E-state index is 12.5. The molecule has 0 atom stereocenters. The molecular formula is C16H23N3OS. The summed E-state index contributed by atoms with van der Waals surface area (Å²) >= 11 is 1.59. The summed E-state index contributed by atoms with van der Waals surface area (Å²) < 4.78 is 1.13. The van der Waals surface area contributed by atoms with E-state index in [1.807, 2.05) is 57.1 Å². The fourth-order valence-electron chi connectivity index (χ4n) is 2.13. The number of rotatable bonds is 6. The SMILES string of the molecule is CC(C)C(=O)N(CCCN(C)C)c1nc2ccccc2s1. The van der Waals surface area contributed by atoms with Gasteiger partial charge >= 0.3 is 0 Å². The van der Waals surface area contributed by atoms with Gasteiger partial charge in [0.25, 0.3) is 0 Å². The molecule has 5 heteroatoms. The van der Waals surface area contributed by atoms with Crippen LogP contribution < -0.4 is 4.90 Å². The number of anilines is 1. The molecule has 0 saturated heterocycles. The highest BCUT2D eigenvalue weighted by atomic mass is 32.1. The molecule has 0 fully saturated rings. The van der Waals surface area contributed by atoms with Crippen LogP contribution >= 0.6 is 11.3 Å². The summed E-state index contributed by atoms with van der Waals surface area (Å²) in [6.45, 7) is 5.56. The van der Waals surface area contributed by atoms with Crippen molar-refractivity contribution in [3.05, 3.63) is 24.3 Å². The van der Waals surface area contributed by atoms with E-state index in [4.69, 9.17) is 0 Å². The highest BCUT2D eigenvalue weighted by Gasteiger charge is 2.21. The standard InChI is InChI=1S/C16H23N3OS/c1-12(2)15(20)19(11-7-10-18(3)4)16-17-13-8-5-6-9-14(13)21-16/h5-6,8-9,12H,7,10-11H2,1-4H3. The molecule has 1 amide bonds. The Bertz CT molecular complexity index is 573. The first-order chi connectivity index (χ1) is 9.99. The van der Waals surface area contributed by atoms with Gasteiger partial charge in [0.2, 0.25) is 5.91 Å². The van der Waals surface area contributed by atoms with Gasteiger partial charge in [-0.1, -0.05) is 37.3 Å². The first-order valence-electron chi connectivity index (χ1n) is 7.30. The van der Waals surface area contributed by atoms with Crippen molar-refractivity contribution in [2.75, 3.05) is 32.1 Å². The average molecular weight is 305 g/mol. The summed E-state index contributed by atoms with van der Waals surface area (Å²) in [5, 5.41) is 0.814. The number of benzene rings is 1. The highest BCUT2D eigenvalue weighted by molar-refractivity contribution is 7.22. The van der Waals surface area contributed by atoms with Crippen LogP contribution in [0.25, 0.3) is 10.2 Å². The van der Waals surface area contributed by atoms with Crippen molar-refractivity contribution < 1.29 is 4.79 Å². The summed E-state index contributed by atoms with van der Waals surface area (Å²) in [7, 11) is 4.10. The zero-order valence-electron chi connectivity index (χ0n) is 13.2. The van der Waals surface area contributed by atoms with Crippen LogP contribution in [0.4, 0.5) is 5.13 Å². The average Bonchev–Trinajstić information content (AvgIpc) is 2.85. The molecule has 0 aliphatic rings. The molecule has 0 aliphatic heterocycles. The van der Waals surface area contributed by atoms with Crippen LogP contribution in [0.1, 0.15) is 20.3 Å². The van der Waals surface area contributed by atoms with Gasteiger partial charge in [0.1, 0.15) is 0 Å². The van der Waals surface area contributed by atoms with Gasteiger partial charge in [0.05, 0.1) is 10.2 Å². The van der Waals surface area contributed by atoms with Gasteiger partial charge in [-0.2, -0.15) is 0 Å². The molecule has 4 nitrogen and oxygen atoms in total. The molecule has 114 valence electrons. The monoisotopic (exact) mass is 305 g/mol. The Morgan fingerprint density at radius 1 is 1.24 bits per heavy atom. The van der Waals surface area contributed by atoms with Crippen LogP contribution in [-0.4, -0.2) is 43.0 Å². The molecule has 0 saturated carbocycles. The molecule has 1 aromatic heterocycles. The van der Waals surface area contributed by atoms with E-state index in [2.05, 4.69) is 9.88 Å². The number of thiazole rings is 1. The third-order valence-corrected chi connectivity index (χ3v) is 4.32. The predicted molar refractivity (Wildman–Crippen MR) is 90.0 cm³/mol. The lowest BCUT2D eigenvalue weighted by Crippen LogP contribution is -2.36. The smallest absolute Gasteiger partial charge is 0.231 e. The number of hydrogen-bond acceptors (Lipinski definition) is 4. The second-order valence-corrected chi connectivity index (χ2v) is 6.77. The Hall–Kier alpha value is -1.46. The number of fused-ring (bicyclic) bond motifs is 1. The Morgan fingerprint density at radius 3 is 2.57 bits per heavy atom. The Balaban J connectivity index is 2.23. The van der Waals surface area contributed by atoms with Gasteiger partial charge in [0, 0.05) is 12.5 Å². The molecule has 0 bridgehead atoms. The third-order valence-electron chi connectivity index (χ3n) is 3.26. The molecule has 0 unspecified atom stereocenters. The molecule has 1 heterocycles. The van der Waals surface area contributed by atoms with Gasteiger partial charge in [-0.15, -0.1) is 0 Å². The number of para-hydroxylation sites is 1. The number of amides is 1. The van der Waals surface area contributed by atoms with Crippen LogP contribution in [0.15, 0.2) is 24.3 Å². The normalized spacial score (nSPS) is 11.5. The molecular weight excluding hydrogens is 282 g/mol. The lowest BCUT2D eigenvalue weighted by Gasteiger charge is -2.22. The zero-order valence-corrected chi connectivity index (χ0v) is 14.0. The molecule has 21 heavy (non-hydrogen) atoms. The van der Waals surface area contributed by atoms with E-state index in [1.54, 1.807) is 11.3 Å². The van der Waals surface area contributed by atoms with Gasteiger partial charge in [-0.05, 0) is 39.2 Å². The predicted octanol–water partition coefficient (Wildman–Crippen LogP) is 3.24. The van der Waals surface area contributed by atoms with E-state index in [1.165, 1.54) is 0 Å². The summed E-state index contributed by atoms with van der Waals surface area (Å²) in [6, 6.07) is 8.03. The molecule has 1 aromatic carbocycles. The lowest BCUT2D eigenvalue weighted by molar-refractivity contribution is -0.121. The fourth-order valence-corrected chi connectivity index (χ4v) is 3.13. The second kappa shape index (κ2) is 7.00. The van der Waals surface area contributed by atoms with E-state index >= 15 is 0 Å². The summed E-state index contributed by atoms with van der Waals surface area (Å²) in [5.41, 5.74) is 0.965. The number of hydrogen-bond donors (Lipinski definition) is 0. The maximum Gasteiger partial charge on any atom is 0.231 e. The number of aromatic nitrogens is 1. The number of nitrogens with zero attached hydrogens (tertiary/aromatic N) is 3. The summed E-state index contributed by atoms with van der Waals surface area (Å²) in [6.07, 6.45) is 0.946. The van der Waals surface area contributed by atoms with Crippen molar-refractivity contribution in [3.63, 3.8) is 0 Å². The van der Waals surface area contributed by atoms with E-state index in [9.17, 15) is 4.79 Å². The lowest BCUT2D eigenvalue weighted by atomic mass is 10.2. The first-order valence-corrected chi connectivity index (χ1v) is 8.12. The van der Waals surface area contributed by atoms with Crippen LogP contribution in [0.5, 0.6) is 0 Å². The highest BCUT2D eigenvalue weighted by Crippen LogP contribution is 2.29. The van der Waals surface area contributed by atoms with Gasteiger partial charge in [-0.3, -0.25) is 9.69 Å². The Morgan fingerprint density at radius 2 is 1.95 bits per heavy atom. The van der Waals surface area contributed by atoms with Crippen molar-refractivity contribution in [2.45, 2.75) is 20.3 Å². The van der Waals surface area contributed by atoms with Crippen molar-refractivity contribution in [1.82, 2.24) is 9.88 Å². The maximum atomic E-state index is 12.5. The molecule has 2 rings (SSSR count). The topological polar surface area (TPSA) is 36.4 Å². The third kappa shape index (κ3) is 4.02. The van der Waals surface area contributed by atoms with Crippen LogP contribution in [0.2, 0.25) is 0 Å². The summed E-state index contributed by atoms with van der Waals surface area (Å²) in [5.74, 6) is 0.129. The van der Waals surface area contributed by atoms with Crippen LogP contribution in [-0.2, 0) is 4.79 Å². The molecule has 0 aliphatic carbocycles. The Kier molecular flexibility index (Phi) is 5.31. The Labute approximate surface area is 130 Å². The van der Waals surface area contributed by atoms with Gasteiger partial charge in [0.15, 0.2) is 5.13 Å². The fraction of sp³-hybridized carbons (Fsp3) is 0.500. The van der Waals surface area contributed by atoms with E-state index in [-0.39, 0.29) is 11.8 Å². The molecule has 2 aromatic rings. The van der Waals surface area contributed by atoms with E-state index in [0.29, 0.717) is 0 Å². The van der Waals surface area contributed by atoms with Crippen molar-refractivity contribution >= 4 is 32.6 Å².